The first-order chi connectivity index (χ1) is 22.3. The molecule has 0 unspecified atom stereocenters. The molecule has 0 heterocycles. The molecule has 0 saturated carbocycles. The summed E-state index contributed by atoms with van der Waals surface area (Å²) in [6.45, 7) is 4.45. The quantitative estimate of drug-likeness (QED) is 0.124. The minimum atomic E-state index is -0.446. The van der Waals surface area contributed by atoms with Crippen molar-refractivity contribution in [3.05, 3.63) is 186 Å². The van der Waals surface area contributed by atoms with E-state index in [-0.39, 0.29) is 5.92 Å². The van der Waals surface area contributed by atoms with E-state index >= 15 is 0 Å². The summed E-state index contributed by atoms with van der Waals surface area (Å²) in [6.07, 6.45) is 0. The number of rotatable bonds is 8. The number of aryl methyl sites for hydroxylation is 2. The number of hydrogen-bond donors (Lipinski definition) is 0. The Bertz CT molecular complexity index is 1650. The van der Waals surface area contributed by atoms with E-state index < -0.39 is 7.92 Å². The fraction of sp³-hybridized carbons (Fsp3) is 0.163. The second kappa shape index (κ2) is 15.6. The highest BCUT2D eigenvalue weighted by molar-refractivity contribution is 7.79. The molecule has 0 bridgehead atoms. The lowest BCUT2D eigenvalue weighted by molar-refractivity contribution is 0.945. The van der Waals surface area contributed by atoms with Crippen LogP contribution in [0.5, 0.6) is 0 Å². The molecule has 0 aliphatic heterocycles. The van der Waals surface area contributed by atoms with Gasteiger partial charge in [0, 0.05) is 45.5 Å². The van der Waals surface area contributed by atoms with Crippen molar-refractivity contribution in [1.82, 2.24) is 0 Å². The van der Waals surface area contributed by atoms with Crippen LogP contribution in [0.2, 0.25) is 0 Å². The van der Waals surface area contributed by atoms with E-state index in [0.717, 1.165) is 0 Å². The average molecular weight is 621 g/mol. The first-order valence-corrected chi connectivity index (χ1v) is 17.2. The van der Waals surface area contributed by atoms with Crippen molar-refractivity contribution in [3.63, 3.8) is 0 Å². The number of benzene rings is 6. The average Bonchev–Trinajstić information content (AvgIpc) is 3.08. The van der Waals surface area contributed by atoms with Crippen molar-refractivity contribution >= 4 is 35.2 Å². The first-order valence-electron chi connectivity index (χ1n) is 15.9. The third-order valence-electron chi connectivity index (χ3n) is 8.34. The Kier molecular flexibility index (Phi) is 11.1. The van der Waals surface area contributed by atoms with Crippen LogP contribution >= 0.6 is 7.92 Å². The fourth-order valence-corrected chi connectivity index (χ4v) is 8.18. The van der Waals surface area contributed by atoms with Gasteiger partial charge in [-0.3, -0.25) is 0 Å². The molecule has 0 saturated heterocycles. The third-order valence-corrected chi connectivity index (χ3v) is 10.8. The first kappa shape index (κ1) is 32.7. The lowest BCUT2D eigenvalue weighted by Crippen LogP contribution is -2.20. The Balaban J connectivity index is 0.000000192. The highest BCUT2D eigenvalue weighted by Crippen LogP contribution is 2.37. The van der Waals surface area contributed by atoms with Gasteiger partial charge >= 0.3 is 0 Å². The summed E-state index contributed by atoms with van der Waals surface area (Å²) in [4.78, 5) is 4.32. The maximum atomic E-state index is 2.29. The summed E-state index contributed by atoms with van der Waals surface area (Å²) < 4.78 is 0. The highest BCUT2D eigenvalue weighted by Gasteiger charge is 2.21. The topological polar surface area (TPSA) is 6.48 Å². The molecule has 0 spiro atoms. The molecule has 6 aromatic carbocycles. The number of hydrogen-bond acceptors (Lipinski definition) is 2. The van der Waals surface area contributed by atoms with Gasteiger partial charge in [-0.15, -0.1) is 0 Å². The van der Waals surface area contributed by atoms with Gasteiger partial charge in [0.25, 0.3) is 0 Å². The van der Waals surface area contributed by atoms with Crippen LogP contribution in [0.3, 0.4) is 0 Å². The van der Waals surface area contributed by atoms with E-state index in [1.165, 1.54) is 55.1 Å². The van der Waals surface area contributed by atoms with E-state index in [2.05, 4.69) is 210 Å². The van der Waals surface area contributed by atoms with Gasteiger partial charge in [0.2, 0.25) is 0 Å². The van der Waals surface area contributed by atoms with Crippen LogP contribution in [-0.4, -0.2) is 28.2 Å². The van der Waals surface area contributed by atoms with Gasteiger partial charge in [0.05, 0.1) is 0 Å². The summed E-state index contributed by atoms with van der Waals surface area (Å²) in [6, 6.07) is 56.8. The minimum Gasteiger partial charge on any atom is -0.378 e. The third kappa shape index (κ3) is 7.94. The van der Waals surface area contributed by atoms with Gasteiger partial charge in [-0.05, 0) is 89.8 Å². The van der Waals surface area contributed by atoms with Crippen molar-refractivity contribution in [2.75, 3.05) is 38.0 Å². The second-order valence-corrected chi connectivity index (χ2v) is 14.3. The Morgan fingerprint density at radius 3 is 1.04 bits per heavy atom. The zero-order valence-corrected chi connectivity index (χ0v) is 28.8. The number of anilines is 2. The molecule has 6 aromatic rings. The molecule has 0 aliphatic carbocycles. The lowest BCUT2D eigenvalue weighted by atomic mass is 9.81. The molecule has 0 atom stereocenters. The smallest absolute Gasteiger partial charge is 0.0363 e. The van der Waals surface area contributed by atoms with E-state index in [1.807, 2.05) is 0 Å². The molecule has 46 heavy (non-hydrogen) atoms. The monoisotopic (exact) mass is 620 g/mol. The molecule has 0 amide bonds. The standard InChI is InChI=1S/C25H30N2.C18H15P/c1-18-16-21(26(3)4)12-14-23(18)25(20-10-8-7-9-11-20)24-15-13-22(27(5)6)17-19(24)2;1-4-10-16(11-5-1)19(17-12-6-2-7-13-17)18-14-8-3-9-15-18/h7-17,25H,1-6H3;1-15H. The van der Waals surface area contributed by atoms with Gasteiger partial charge in [-0.1, -0.05) is 133 Å². The van der Waals surface area contributed by atoms with Crippen LogP contribution < -0.4 is 25.7 Å². The van der Waals surface area contributed by atoms with E-state index in [4.69, 9.17) is 0 Å². The highest BCUT2D eigenvalue weighted by atomic mass is 31.1. The maximum Gasteiger partial charge on any atom is 0.0363 e. The van der Waals surface area contributed by atoms with E-state index in [0.29, 0.717) is 0 Å². The molecular weight excluding hydrogens is 575 g/mol. The second-order valence-electron chi connectivity index (χ2n) is 12.1. The number of nitrogens with zero attached hydrogens (tertiary/aromatic N) is 2. The zero-order valence-electron chi connectivity index (χ0n) is 27.9. The van der Waals surface area contributed by atoms with Crippen molar-refractivity contribution in [1.29, 1.82) is 0 Å². The Hall–Kier alpha value is -4.65. The summed E-state index contributed by atoms with van der Waals surface area (Å²) >= 11 is 0. The Morgan fingerprint density at radius 1 is 0.413 bits per heavy atom. The molecule has 2 nitrogen and oxygen atoms in total. The van der Waals surface area contributed by atoms with Crippen LogP contribution in [0.1, 0.15) is 33.7 Å². The molecule has 0 radical (unpaired) electrons. The van der Waals surface area contributed by atoms with E-state index in [9.17, 15) is 0 Å². The summed E-state index contributed by atoms with van der Waals surface area (Å²) in [5, 5.41) is 4.19. The summed E-state index contributed by atoms with van der Waals surface area (Å²) in [5.74, 6) is 0.235. The van der Waals surface area contributed by atoms with Gasteiger partial charge in [-0.25, -0.2) is 0 Å². The van der Waals surface area contributed by atoms with Gasteiger partial charge in [0.15, 0.2) is 0 Å². The molecule has 3 heteroatoms. The van der Waals surface area contributed by atoms with Crippen molar-refractivity contribution in [2.24, 2.45) is 0 Å². The normalized spacial score (nSPS) is 10.8. The van der Waals surface area contributed by atoms with Crippen LogP contribution in [0.4, 0.5) is 11.4 Å². The lowest BCUT2D eigenvalue weighted by Gasteiger charge is -2.25. The maximum absolute atomic E-state index is 2.29. The molecule has 0 N–H and O–H groups in total. The molecule has 0 aromatic heterocycles. The van der Waals surface area contributed by atoms with Crippen LogP contribution in [0.25, 0.3) is 0 Å². The predicted octanol–water partition coefficient (Wildman–Crippen LogP) is 9.06. The predicted molar refractivity (Wildman–Crippen MR) is 204 cm³/mol. The van der Waals surface area contributed by atoms with Crippen molar-refractivity contribution in [3.8, 4) is 0 Å². The van der Waals surface area contributed by atoms with Gasteiger partial charge < -0.3 is 9.80 Å². The molecular formula is C43H45N2P. The Labute approximate surface area is 277 Å². The van der Waals surface area contributed by atoms with Gasteiger partial charge in [-0.2, -0.15) is 0 Å². The molecule has 0 aliphatic rings. The Morgan fingerprint density at radius 2 is 0.739 bits per heavy atom. The molecule has 6 rings (SSSR count). The van der Waals surface area contributed by atoms with E-state index in [1.54, 1.807) is 0 Å². The van der Waals surface area contributed by atoms with Crippen molar-refractivity contribution in [2.45, 2.75) is 19.8 Å². The fourth-order valence-electron chi connectivity index (χ4n) is 5.87. The van der Waals surface area contributed by atoms with Crippen molar-refractivity contribution < 1.29 is 0 Å². The summed E-state index contributed by atoms with van der Waals surface area (Å²) in [5.41, 5.74) is 9.20. The SMILES string of the molecule is Cc1cc(N(C)C)ccc1C(c1ccccc1)c1ccc(N(C)C)cc1C.c1ccc(P(c2ccccc2)c2ccccc2)cc1. The molecule has 0 fully saturated rings. The van der Waals surface area contributed by atoms with Crippen LogP contribution in [-0.2, 0) is 0 Å². The minimum absolute atomic E-state index is 0.235. The largest absolute Gasteiger partial charge is 0.378 e. The summed E-state index contributed by atoms with van der Waals surface area (Å²) in [7, 11) is 7.92. The van der Waals surface area contributed by atoms with Crippen LogP contribution in [0, 0.1) is 13.8 Å². The molecule has 232 valence electrons. The van der Waals surface area contributed by atoms with Gasteiger partial charge in [0.1, 0.15) is 0 Å². The van der Waals surface area contributed by atoms with Crippen LogP contribution in [0.15, 0.2) is 158 Å². The zero-order chi connectivity index (χ0) is 32.5.